The summed E-state index contributed by atoms with van der Waals surface area (Å²) >= 11 is 0. The van der Waals surface area contributed by atoms with E-state index in [1.54, 1.807) is 0 Å². The Hall–Kier alpha value is -0.770. The maximum atomic E-state index is 8.22. The molecule has 14 heavy (non-hydrogen) atoms. The van der Waals surface area contributed by atoms with Crippen molar-refractivity contribution in [2.75, 3.05) is 26.2 Å². The molecule has 2 aliphatic rings. The quantitative estimate of drug-likeness (QED) is 0.412. The monoisotopic (exact) mass is 196 g/mol. The number of azide groups is 1. The van der Waals surface area contributed by atoms with Gasteiger partial charge in [-0.2, -0.15) is 0 Å². The van der Waals surface area contributed by atoms with E-state index in [-0.39, 0.29) is 6.10 Å². The smallest absolute Gasteiger partial charge is 0.0637 e. The average molecular weight is 196 g/mol. The Morgan fingerprint density at radius 2 is 2.29 bits per heavy atom. The molecule has 0 aromatic rings. The second-order valence-corrected chi connectivity index (χ2v) is 4.30. The van der Waals surface area contributed by atoms with Crippen molar-refractivity contribution in [3.63, 3.8) is 0 Å². The van der Waals surface area contributed by atoms with Crippen molar-refractivity contribution in [3.05, 3.63) is 10.4 Å². The van der Waals surface area contributed by atoms with Gasteiger partial charge >= 0.3 is 0 Å². The first-order valence-corrected chi connectivity index (χ1v) is 5.18. The first-order chi connectivity index (χ1) is 6.85. The summed E-state index contributed by atoms with van der Waals surface area (Å²) in [7, 11) is 0. The minimum Gasteiger partial charge on any atom is -0.377 e. The highest BCUT2D eigenvalue weighted by atomic mass is 16.5. The second kappa shape index (κ2) is 4.17. The van der Waals surface area contributed by atoms with Crippen molar-refractivity contribution in [3.8, 4) is 0 Å². The van der Waals surface area contributed by atoms with E-state index in [1.807, 2.05) is 0 Å². The molecule has 2 fully saturated rings. The summed E-state index contributed by atoms with van der Waals surface area (Å²) in [6.07, 6.45) is 3.61. The third-order valence-electron chi connectivity index (χ3n) is 3.30. The molecule has 1 atom stereocenters. The van der Waals surface area contributed by atoms with E-state index in [4.69, 9.17) is 10.3 Å². The van der Waals surface area contributed by atoms with Gasteiger partial charge in [0.25, 0.3) is 0 Å². The molecule has 2 saturated heterocycles. The third kappa shape index (κ3) is 2.00. The van der Waals surface area contributed by atoms with Gasteiger partial charge in [0.1, 0.15) is 0 Å². The lowest BCUT2D eigenvalue weighted by molar-refractivity contribution is 0.0906. The van der Waals surface area contributed by atoms with E-state index in [9.17, 15) is 0 Å². The lowest BCUT2D eigenvalue weighted by Gasteiger charge is -2.32. The van der Waals surface area contributed by atoms with Gasteiger partial charge in [0.05, 0.1) is 19.3 Å². The van der Waals surface area contributed by atoms with Crippen LogP contribution < -0.4 is 5.32 Å². The molecule has 5 nitrogen and oxygen atoms in total. The lowest BCUT2D eigenvalue weighted by atomic mass is 9.77. The summed E-state index contributed by atoms with van der Waals surface area (Å²) in [4.78, 5) is 2.77. The minimum absolute atomic E-state index is 0.156. The van der Waals surface area contributed by atoms with E-state index in [0.29, 0.717) is 12.0 Å². The summed E-state index contributed by atoms with van der Waals surface area (Å²) in [5, 5.41) is 6.93. The van der Waals surface area contributed by atoms with Gasteiger partial charge in [-0.15, -0.1) is 0 Å². The van der Waals surface area contributed by atoms with E-state index >= 15 is 0 Å². The van der Waals surface area contributed by atoms with Gasteiger partial charge in [-0.05, 0) is 43.3 Å². The first-order valence-electron chi connectivity index (χ1n) is 5.18. The zero-order valence-corrected chi connectivity index (χ0v) is 8.28. The molecule has 2 heterocycles. The predicted molar refractivity (Wildman–Crippen MR) is 52.9 cm³/mol. The standard InChI is InChI=1S/C9H16N4O/c10-13-12-6-8-5-9(7-14-8)1-3-11-4-2-9/h8,11H,1-7H2/t8-/m0/s1. The number of nitrogens with one attached hydrogen (secondary N) is 1. The highest BCUT2D eigenvalue weighted by Crippen LogP contribution is 2.40. The zero-order chi connectivity index (χ0) is 9.86. The highest BCUT2D eigenvalue weighted by molar-refractivity contribution is 4.91. The Labute approximate surface area is 83.4 Å². The molecule has 0 bridgehead atoms. The summed E-state index contributed by atoms with van der Waals surface area (Å²) in [6, 6.07) is 0. The van der Waals surface area contributed by atoms with Crippen LogP contribution in [0.3, 0.4) is 0 Å². The van der Waals surface area contributed by atoms with Crippen molar-refractivity contribution >= 4 is 0 Å². The van der Waals surface area contributed by atoms with Crippen LogP contribution in [0.1, 0.15) is 19.3 Å². The van der Waals surface area contributed by atoms with Crippen molar-refractivity contribution in [2.24, 2.45) is 10.5 Å². The Morgan fingerprint density at radius 3 is 3.00 bits per heavy atom. The fourth-order valence-electron chi connectivity index (χ4n) is 2.45. The largest absolute Gasteiger partial charge is 0.377 e. The fourth-order valence-corrected chi connectivity index (χ4v) is 2.45. The van der Waals surface area contributed by atoms with Gasteiger partial charge in [0, 0.05) is 4.91 Å². The van der Waals surface area contributed by atoms with Gasteiger partial charge < -0.3 is 10.1 Å². The maximum Gasteiger partial charge on any atom is 0.0637 e. The Bertz CT molecular complexity index is 243. The number of rotatable bonds is 2. The number of nitrogens with zero attached hydrogens (tertiary/aromatic N) is 3. The van der Waals surface area contributed by atoms with E-state index in [2.05, 4.69) is 15.3 Å². The fraction of sp³-hybridized carbons (Fsp3) is 1.00. The molecule has 0 aromatic carbocycles. The number of hydrogen-bond donors (Lipinski definition) is 1. The van der Waals surface area contributed by atoms with Gasteiger partial charge in [-0.3, -0.25) is 0 Å². The van der Waals surface area contributed by atoms with Crippen molar-refractivity contribution in [1.29, 1.82) is 0 Å². The van der Waals surface area contributed by atoms with Crippen LogP contribution >= 0.6 is 0 Å². The SMILES string of the molecule is [N-]=[N+]=NC[C@@H]1CC2(CCNCC2)CO1. The molecule has 0 radical (unpaired) electrons. The second-order valence-electron chi connectivity index (χ2n) is 4.30. The van der Waals surface area contributed by atoms with E-state index in [1.165, 1.54) is 12.8 Å². The number of hydrogen-bond acceptors (Lipinski definition) is 3. The van der Waals surface area contributed by atoms with Crippen LogP contribution in [-0.2, 0) is 4.74 Å². The van der Waals surface area contributed by atoms with Crippen LogP contribution in [0.25, 0.3) is 10.4 Å². The molecule has 2 aliphatic heterocycles. The van der Waals surface area contributed by atoms with E-state index in [0.717, 1.165) is 26.1 Å². The molecule has 0 saturated carbocycles. The topological polar surface area (TPSA) is 70.0 Å². The summed E-state index contributed by atoms with van der Waals surface area (Å²) in [6.45, 7) is 3.53. The minimum atomic E-state index is 0.156. The maximum absolute atomic E-state index is 8.22. The van der Waals surface area contributed by atoms with Crippen molar-refractivity contribution in [2.45, 2.75) is 25.4 Å². The van der Waals surface area contributed by atoms with E-state index < -0.39 is 0 Å². The van der Waals surface area contributed by atoms with Gasteiger partial charge in [-0.25, -0.2) is 0 Å². The highest BCUT2D eigenvalue weighted by Gasteiger charge is 2.40. The lowest BCUT2D eigenvalue weighted by Crippen LogP contribution is -2.37. The molecule has 0 unspecified atom stereocenters. The molecular weight excluding hydrogens is 180 g/mol. The normalized spacial score (nSPS) is 30.1. The predicted octanol–water partition coefficient (Wildman–Crippen LogP) is 1.46. The number of piperidine rings is 1. The van der Waals surface area contributed by atoms with Crippen LogP contribution in [-0.4, -0.2) is 32.3 Å². The molecule has 0 amide bonds. The van der Waals surface area contributed by atoms with Crippen LogP contribution in [0.4, 0.5) is 0 Å². The average Bonchev–Trinajstić information content (AvgIpc) is 2.60. The van der Waals surface area contributed by atoms with Crippen molar-refractivity contribution in [1.82, 2.24) is 5.32 Å². The Kier molecular flexibility index (Phi) is 2.91. The van der Waals surface area contributed by atoms with Gasteiger partial charge in [0.15, 0.2) is 0 Å². The Balaban J connectivity index is 1.88. The zero-order valence-electron chi connectivity index (χ0n) is 8.28. The molecule has 78 valence electrons. The molecular formula is C9H16N4O. The van der Waals surface area contributed by atoms with Crippen LogP contribution in [0.2, 0.25) is 0 Å². The van der Waals surface area contributed by atoms with Gasteiger partial charge in [0.2, 0.25) is 0 Å². The van der Waals surface area contributed by atoms with Crippen LogP contribution in [0.15, 0.2) is 5.11 Å². The van der Waals surface area contributed by atoms with Crippen LogP contribution in [0.5, 0.6) is 0 Å². The molecule has 0 aromatic heterocycles. The molecule has 2 rings (SSSR count). The Morgan fingerprint density at radius 1 is 1.50 bits per heavy atom. The van der Waals surface area contributed by atoms with Crippen molar-refractivity contribution < 1.29 is 4.74 Å². The molecule has 0 aliphatic carbocycles. The molecule has 1 N–H and O–H groups in total. The summed E-state index contributed by atoms with van der Waals surface area (Å²) in [5.41, 5.74) is 8.60. The molecule has 5 heteroatoms. The van der Waals surface area contributed by atoms with Gasteiger partial charge in [-0.1, -0.05) is 5.11 Å². The molecule has 1 spiro atoms. The third-order valence-corrected chi connectivity index (χ3v) is 3.30. The first kappa shape index (κ1) is 9.77. The van der Waals surface area contributed by atoms with Crippen LogP contribution in [0, 0.1) is 5.41 Å². The summed E-state index contributed by atoms with van der Waals surface area (Å²) < 4.78 is 5.66. The number of ether oxygens (including phenoxy) is 1. The summed E-state index contributed by atoms with van der Waals surface area (Å²) in [5.74, 6) is 0.